The van der Waals surface area contributed by atoms with Gasteiger partial charge < -0.3 is 9.97 Å². The summed E-state index contributed by atoms with van der Waals surface area (Å²) in [6, 6.07) is 4.23. The zero-order chi connectivity index (χ0) is 11.5. The highest BCUT2D eigenvalue weighted by Crippen LogP contribution is 2.19. The number of aromatic amines is 2. The molecule has 0 atom stereocenters. The summed E-state index contributed by atoms with van der Waals surface area (Å²) in [7, 11) is 0. The second kappa shape index (κ2) is 4.56. The van der Waals surface area contributed by atoms with Crippen molar-refractivity contribution in [1.29, 1.82) is 0 Å². The van der Waals surface area contributed by atoms with Crippen molar-refractivity contribution >= 4 is 11.0 Å². The Morgan fingerprint density at radius 2 is 1.38 bits per heavy atom. The summed E-state index contributed by atoms with van der Waals surface area (Å²) in [5.74, 6) is 0. The number of aromatic nitrogens is 2. The molecule has 16 heavy (non-hydrogen) atoms. The van der Waals surface area contributed by atoms with E-state index in [0.29, 0.717) is 0 Å². The fraction of sp³-hybridized carbons (Fsp3) is 0.462. The molecule has 0 fully saturated rings. The molecule has 2 N–H and O–H groups in total. The third kappa shape index (κ3) is 2.03. The molecule has 2 rings (SSSR count). The molecule has 3 heteroatoms. The maximum atomic E-state index is 11.2. The number of rotatable bonds is 4. The summed E-state index contributed by atoms with van der Waals surface area (Å²) in [6.45, 7) is 4.36. The highest BCUT2D eigenvalue weighted by Gasteiger charge is 2.06. The van der Waals surface area contributed by atoms with E-state index in [0.717, 1.165) is 36.7 Å². The maximum Gasteiger partial charge on any atom is 0.323 e. The molecule has 0 saturated heterocycles. The minimum absolute atomic E-state index is 0.119. The number of fused-ring (bicyclic) bond motifs is 1. The van der Waals surface area contributed by atoms with E-state index in [-0.39, 0.29) is 5.69 Å². The summed E-state index contributed by atoms with van der Waals surface area (Å²) in [6.07, 6.45) is 4.44. The lowest BCUT2D eigenvalue weighted by molar-refractivity contribution is 0.863. The van der Waals surface area contributed by atoms with Crippen molar-refractivity contribution in [2.75, 3.05) is 0 Å². The van der Waals surface area contributed by atoms with Crippen LogP contribution in [-0.2, 0) is 12.8 Å². The highest BCUT2D eigenvalue weighted by atomic mass is 16.1. The molecule has 0 aliphatic heterocycles. The summed E-state index contributed by atoms with van der Waals surface area (Å²) in [5.41, 5.74) is 4.46. The first-order valence-corrected chi connectivity index (χ1v) is 5.98. The predicted molar refractivity (Wildman–Crippen MR) is 66.9 cm³/mol. The average molecular weight is 218 g/mol. The quantitative estimate of drug-likeness (QED) is 0.814. The normalized spacial score (nSPS) is 11.1. The fourth-order valence-electron chi connectivity index (χ4n) is 2.18. The zero-order valence-electron chi connectivity index (χ0n) is 9.89. The van der Waals surface area contributed by atoms with Crippen molar-refractivity contribution in [3.63, 3.8) is 0 Å². The van der Waals surface area contributed by atoms with Crippen molar-refractivity contribution in [3.8, 4) is 0 Å². The predicted octanol–water partition coefficient (Wildman–Crippen LogP) is 2.76. The van der Waals surface area contributed by atoms with Crippen LogP contribution in [0.3, 0.4) is 0 Å². The molecule has 1 aromatic carbocycles. The van der Waals surface area contributed by atoms with Crippen LogP contribution in [0.4, 0.5) is 0 Å². The molecule has 3 nitrogen and oxygen atoms in total. The number of hydrogen-bond acceptors (Lipinski definition) is 1. The van der Waals surface area contributed by atoms with Gasteiger partial charge in [-0.15, -0.1) is 0 Å². The summed E-state index contributed by atoms with van der Waals surface area (Å²) >= 11 is 0. The number of aryl methyl sites for hydroxylation is 2. The Kier molecular flexibility index (Phi) is 3.13. The van der Waals surface area contributed by atoms with Crippen LogP contribution in [0, 0.1) is 0 Å². The maximum absolute atomic E-state index is 11.2. The van der Waals surface area contributed by atoms with Crippen LogP contribution >= 0.6 is 0 Å². The lowest BCUT2D eigenvalue weighted by Crippen LogP contribution is -1.99. The molecule has 0 saturated carbocycles. The van der Waals surface area contributed by atoms with Crippen molar-refractivity contribution in [2.24, 2.45) is 0 Å². The standard InChI is InChI=1S/C13H18N2O/c1-3-5-9-7-11-12(15-13(16)14-11)8-10(9)6-4-2/h7-8H,3-6H2,1-2H3,(H2,14,15,16). The van der Waals surface area contributed by atoms with Gasteiger partial charge in [0.25, 0.3) is 0 Å². The van der Waals surface area contributed by atoms with Crippen LogP contribution < -0.4 is 5.69 Å². The number of H-pyrrole nitrogens is 2. The zero-order valence-corrected chi connectivity index (χ0v) is 9.89. The van der Waals surface area contributed by atoms with Gasteiger partial charge in [0.05, 0.1) is 11.0 Å². The van der Waals surface area contributed by atoms with Crippen LogP contribution in [0.1, 0.15) is 37.8 Å². The Labute approximate surface area is 94.9 Å². The van der Waals surface area contributed by atoms with Crippen LogP contribution in [0.2, 0.25) is 0 Å². The van der Waals surface area contributed by atoms with Gasteiger partial charge in [-0.05, 0) is 36.1 Å². The van der Waals surface area contributed by atoms with Gasteiger partial charge in [-0.2, -0.15) is 0 Å². The first-order chi connectivity index (χ1) is 7.74. The largest absolute Gasteiger partial charge is 0.323 e. The Balaban J connectivity index is 2.55. The van der Waals surface area contributed by atoms with Gasteiger partial charge in [0.15, 0.2) is 0 Å². The van der Waals surface area contributed by atoms with Crippen molar-refractivity contribution < 1.29 is 0 Å². The van der Waals surface area contributed by atoms with Gasteiger partial charge >= 0.3 is 5.69 Å². The molecule has 0 amide bonds. The molecular formula is C13H18N2O. The Morgan fingerprint density at radius 3 is 1.75 bits per heavy atom. The monoisotopic (exact) mass is 218 g/mol. The lowest BCUT2D eigenvalue weighted by Gasteiger charge is -2.07. The van der Waals surface area contributed by atoms with Crippen LogP contribution in [0.15, 0.2) is 16.9 Å². The minimum atomic E-state index is -0.119. The molecule has 0 bridgehead atoms. The van der Waals surface area contributed by atoms with E-state index in [1.54, 1.807) is 0 Å². The Hall–Kier alpha value is -1.51. The van der Waals surface area contributed by atoms with Gasteiger partial charge in [-0.3, -0.25) is 0 Å². The number of imidazole rings is 1. The molecule has 1 heterocycles. The van der Waals surface area contributed by atoms with E-state index in [4.69, 9.17) is 0 Å². The first-order valence-electron chi connectivity index (χ1n) is 5.98. The summed E-state index contributed by atoms with van der Waals surface area (Å²) in [5, 5.41) is 0. The van der Waals surface area contributed by atoms with Gasteiger partial charge in [-0.25, -0.2) is 4.79 Å². The van der Waals surface area contributed by atoms with E-state index >= 15 is 0 Å². The highest BCUT2D eigenvalue weighted by molar-refractivity contribution is 5.76. The van der Waals surface area contributed by atoms with E-state index in [9.17, 15) is 4.79 Å². The number of nitrogens with one attached hydrogen (secondary N) is 2. The SMILES string of the molecule is CCCc1cc2[nH]c(=O)[nH]c2cc1CCC. The van der Waals surface area contributed by atoms with Crippen molar-refractivity contribution in [2.45, 2.75) is 39.5 Å². The lowest BCUT2D eigenvalue weighted by atomic mass is 9.99. The van der Waals surface area contributed by atoms with Crippen LogP contribution in [0.25, 0.3) is 11.0 Å². The molecular weight excluding hydrogens is 200 g/mol. The summed E-state index contributed by atoms with van der Waals surface area (Å²) in [4.78, 5) is 16.8. The van der Waals surface area contributed by atoms with E-state index < -0.39 is 0 Å². The molecule has 0 unspecified atom stereocenters. The third-order valence-electron chi connectivity index (χ3n) is 2.87. The van der Waals surface area contributed by atoms with Crippen LogP contribution in [-0.4, -0.2) is 9.97 Å². The molecule has 2 aromatic rings. The van der Waals surface area contributed by atoms with E-state index in [1.165, 1.54) is 11.1 Å². The first kappa shape index (κ1) is 11.0. The molecule has 0 aliphatic rings. The van der Waals surface area contributed by atoms with Crippen molar-refractivity contribution in [1.82, 2.24) is 9.97 Å². The van der Waals surface area contributed by atoms with Gasteiger partial charge in [0.2, 0.25) is 0 Å². The molecule has 1 aromatic heterocycles. The average Bonchev–Trinajstić information content (AvgIpc) is 2.58. The number of benzene rings is 1. The Morgan fingerprint density at radius 1 is 0.938 bits per heavy atom. The number of hydrogen-bond donors (Lipinski definition) is 2. The molecule has 0 spiro atoms. The summed E-state index contributed by atoms with van der Waals surface area (Å²) < 4.78 is 0. The van der Waals surface area contributed by atoms with E-state index in [2.05, 4.69) is 35.9 Å². The molecule has 0 radical (unpaired) electrons. The van der Waals surface area contributed by atoms with Gasteiger partial charge in [0, 0.05) is 0 Å². The van der Waals surface area contributed by atoms with Gasteiger partial charge in [0.1, 0.15) is 0 Å². The smallest absolute Gasteiger partial charge is 0.306 e. The van der Waals surface area contributed by atoms with E-state index in [1.807, 2.05) is 0 Å². The Bertz CT molecular complexity index is 490. The fourth-order valence-corrected chi connectivity index (χ4v) is 2.18. The van der Waals surface area contributed by atoms with Crippen molar-refractivity contribution in [3.05, 3.63) is 33.7 Å². The molecule has 86 valence electrons. The topological polar surface area (TPSA) is 48.6 Å². The van der Waals surface area contributed by atoms with Crippen LogP contribution in [0.5, 0.6) is 0 Å². The van der Waals surface area contributed by atoms with Gasteiger partial charge in [-0.1, -0.05) is 26.7 Å². The second-order valence-corrected chi connectivity index (χ2v) is 4.25. The third-order valence-corrected chi connectivity index (χ3v) is 2.87. The minimum Gasteiger partial charge on any atom is -0.306 e. The second-order valence-electron chi connectivity index (χ2n) is 4.25. The molecule has 0 aliphatic carbocycles.